The van der Waals surface area contributed by atoms with Crippen LogP contribution in [0.25, 0.3) is 0 Å². The molecule has 0 aliphatic carbocycles. The molecule has 6 heteroatoms. The SMILES string of the molecule is C[C@H](Nc1cnn(C)c1)C(=O)NCc1ccccc1F. The van der Waals surface area contributed by atoms with E-state index in [4.69, 9.17) is 0 Å². The number of benzene rings is 1. The minimum atomic E-state index is -0.425. The first-order valence-electron chi connectivity index (χ1n) is 6.32. The molecule has 0 aliphatic rings. The molecular weight excluding hydrogens is 259 g/mol. The van der Waals surface area contributed by atoms with Crippen LogP contribution in [0.5, 0.6) is 0 Å². The molecular formula is C14H17FN4O. The topological polar surface area (TPSA) is 59.0 Å². The molecule has 5 nitrogen and oxygen atoms in total. The first kappa shape index (κ1) is 14.0. The van der Waals surface area contributed by atoms with Crippen LogP contribution in [0.2, 0.25) is 0 Å². The summed E-state index contributed by atoms with van der Waals surface area (Å²) in [4.78, 5) is 11.9. The van der Waals surface area contributed by atoms with Gasteiger partial charge in [0, 0.05) is 25.4 Å². The number of halogens is 1. The van der Waals surface area contributed by atoms with Gasteiger partial charge < -0.3 is 10.6 Å². The Morgan fingerprint density at radius 3 is 2.85 bits per heavy atom. The zero-order valence-electron chi connectivity index (χ0n) is 11.4. The van der Waals surface area contributed by atoms with E-state index in [0.717, 1.165) is 5.69 Å². The van der Waals surface area contributed by atoms with Crippen molar-refractivity contribution in [2.45, 2.75) is 19.5 Å². The molecule has 1 aromatic carbocycles. The summed E-state index contributed by atoms with van der Waals surface area (Å²) < 4.78 is 15.1. The largest absolute Gasteiger partial charge is 0.371 e. The quantitative estimate of drug-likeness (QED) is 0.873. The van der Waals surface area contributed by atoms with Gasteiger partial charge in [-0.1, -0.05) is 18.2 Å². The van der Waals surface area contributed by atoms with Crippen LogP contribution in [0, 0.1) is 5.82 Å². The van der Waals surface area contributed by atoms with Gasteiger partial charge in [-0.25, -0.2) is 4.39 Å². The predicted octanol–water partition coefficient (Wildman–Crippen LogP) is 1.68. The van der Waals surface area contributed by atoms with Crippen LogP contribution in [-0.4, -0.2) is 21.7 Å². The van der Waals surface area contributed by atoms with E-state index < -0.39 is 6.04 Å². The molecule has 106 valence electrons. The Bertz CT molecular complexity index is 596. The molecule has 1 aromatic heterocycles. The van der Waals surface area contributed by atoms with Crippen LogP contribution < -0.4 is 10.6 Å². The lowest BCUT2D eigenvalue weighted by molar-refractivity contribution is -0.121. The lowest BCUT2D eigenvalue weighted by Gasteiger charge is -2.14. The van der Waals surface area contributed by atoms with E-state index in [1.165, 1.54) is 6.07 Å². The van der Waals surface area contributed by atoms with E-state index in [1.807, 2.05) is 0 Å². The molecule has 0 fully saturated rings. The maximum Gasteiger partial charge on any atom is 0.242 e. The van der Waals surface area contributed by atoms with Gasteiger partial charge in [-0.2, -0.15) is 5.10 Å². The third kappa shape index (κ3) is 3.57. The molecule has 0 bridgehead atoms. The van der Waals surface area contributed by atoms with E-state index in [2.05, 4.69) is 15.7 Å². The Morgan fingerprint density at radius 1 is 1.45 bits per heavy atom. The minimum absolute atomic E-state index is 0.171. The van der Waals surface area contributed by atoms with Gasteiger partial charge in [0.05, 0.1) is 11.9 Å². The highest BCUT2D eigenvalue weighted by atomic mass is 19.1. The first-order chi connectivity index (χ1) is 9.56. The van der Waals surface area contributed by atoms with Gasteiger partial charge in [-0.15, -0.1) is 0 Å². The van der Waals surface area contributed by atoms with Gasteiger partial charge in [-0.05, 0) is 13.0 Å². The van der Waals surface area contributed by atoms with Crippen molar-refractivity contribution in [2.24, 2.45) is 7.05 Å². The number of carbonyl (C=O) groups is 1. The monoisotopic (exact) mass is 276 g/mol. The molecule has 0 saturated carbocycles. The molecule has 2 N–H and O–H groups in total. The molecule has 0 unspecified atom stereocenters. The Morgan fingerprint density at radius 2 is 2.20 bits per heavy atom. The van der Waals surface area contributed by atoms with Crippen LogP contribution in [0.15, 0.2) is 36.7 Å². The van der Waals surface area contributed by atoms with E-state index in [9.17, 15) is 9.18 Å². The molecule has 1 amide bonds. The zero-order valence-corrected chi connectivity index (χ0v) is 11.4. The molecule has 0 spiro atoms. The molecule has 1 atom stereocenters. The van der Waals surface area contributed by atoms with Crippen molar-refractivity contribution in [1.29, 1.82) is 0 Å². The Hall–Kier alpha value is -2.37. The lowest BCUT2D eigenvalue weighted by atomic mass is 10.2. The predicted molar refractivity (Wildman–Crippen MR) is 74.5 cm³/mol. The second-order valence-corrected chi connectivity index (χ2v) is 4.58. The number of rotatable bonds is 5. The number of aromatic nitrogens is 2. The fourth-order valence-corrected chi connectivity index (χ4v) is 1.79. The fraction of sp³-hybridized carbons (Fsp3) is 0.286. The number of hydrogen-bond acceptors (Lipinski definition) is 3. The summed E-state index contributed by atoms with van der Waals surface area (Å²) in [5.41, 5.74) is 1.23. The van der Waals surface area contributed by atoms with E-state index in [1.54, 1.807) is 49.2 Å². The standard InChI is InChI=1S/C14H17FN4O/c1-10(18-12-8-17-19(2)9-12)14(20)16-7-11-5-3-4-6-13(11)15/h3-6,8-10,18H,7H2,1-2H3,(H,16,20)/t10-/m0/s1. The summed E-state index contributed by atoms with van der Waals surface area (Å²) in [5.74, 6) is -0.516. The second-order valence-electron chi connectivity index (χ2n) is 4.58. The van der Waals surface area contributed by atoms with Crippen molar-refractivity contribution >= 4 is 11.6 Å². The van der Waals surface area contributed by atoms with Crippen molar-refractivity contribution in [2.75, 3.05) is 5.32 Å². The maximum absolute atomic E-state index is 13.4. The van der Waals surface area contributed by atoms with Crippen LogP contribution in [0.1, 0.15) is 12.5 Å². The van der Waals surface area contributed by atoms with Crippen LogP contribution in [0.3, 0.4) is 0 Å². The normalized spacial score (nSPS) is 11.9. The summed E-state index contributed by atoms with van der Waals surface area (Å²) in [6.45, 7) is 1.91. The van der Waals surface area contributed by atoms with Crippen LogP contribution in [0.4, 0.5) is 10.1 Å². The number of aryl methyl sites for hydroxylation is 1. The average molecular weight is 276 g/mol. The number of nitrogens with zero attached hydrogens (tertiary/aromatic N) is 2. The maximum atomic E-state index is 13.4. The van der Waals surface area contributed by atoms with Crippen LogP contribution in [-0.2, 0) is 18.4 Å². The number of amides is 1. The fourth-order valence-electron chi connectivity index (χ4n) is 1.79. The van der Waals surface area contributed by atoms with Gasteiger partial charge in [0.2, 0.25) is 5.91 Å². The van der Waals surface area contributed by atoms with Gasteiger partial charge in [0.15, 0.2) is 0 Å². The van der Waals surface area contributed by atoms with E-state index in [-0.39, 0.29) is 18.3 Å². The number of anilines is 1. The Kier molecular flexibility index (Phi) is 4.34. The smallest absolute Gasteiger partial charge is 0.242 e. The highest BCUT2D eigenvalue weighted by Gasteiger charge is 2.13. The second kappa shape index (κ2) is 6.18. The highest BCUT2D eigenvalue weighted by Crippen LogP contribution is 2.07. The highest BCUT2D eigenvalue weighted by molar-refractivity contribution is 5.84. The van der Waals surface area contributed by atoms with E-state index in [0.29, 0.717) is 5.56 Å². The number of carbonyl (C=O) groups excluding carboxylic acids is 1. The summed E-state index contributed by atoms with van der Waals surface area (Å²) in [7, 11) is 1.80. The van der Waals surface area contributed by atoms with Crippen LogP contribution >= 0.6 is 0 Å². The van der Waals surface area contributed by atoms with E-state index >= 15 is 0 Å². The van der Waals surface area contributed by atoms with Gasteiger partial charge in [0.25, 0.3) is 0 Å². The molecule has 0 aliphatic heterocycles. The van der Waals surface area contributed by atoms with Crippen molar-refractivity contribution in [3.63, 3.8) is 0 Å². The Balaban J connectivity index is 1.87. The summed E-state index contributed by atoms with van der Waals surface area (Å²) in [5, 5.41) is 9.73. The summed E-state index contributed by atoms with van der Waals surface area (Å²) in [6, 6.07) is 5.95. The van der Waals surface area contributed by atoms with Crippen molar-refractivity contribution in [1.82, 2.24) is 15.1 Å². The molecule has 0 saturated heterocycles. The minimum Gasteiger partial charge on any atom is -0.371 e. The summed E-state index contributed by atoms with van der Waals surface area (Å²) in [6.07, 6.45) is 3.42. The number of nitrogens with one attached hydrogen (secondary N) is 2. The third-order valence-corrected chi connectivity index (χ3v) is 2.89. The molecule has 1 heterocycles. The van der Waals surface area contributed by atoms with Crippen molar-refractivity contribution < 1.29 is 9.18 Å². The van der Waals surface area contributed by atoms with Crippen molar-refractivity contribution in [3.05, 3.63) is 48.0 Å². The average Bonchev–Trinajstić information content (AvgIpc) is 2.82. The van der Waals surface area contributed by atoms with Gasteiger partial charge in [0.1, 0.15) is 11.9 Å². The zero-order chi connectivity index (χ0) is 14.5. The van der Waals surface area contributed by atoms with Crippen molar-refractivity contribution in [3.8, 4) is 0 Å². The molecule has 2 rings (SSSR count). The molecule has 0 radical (unpaired) electrons. The van der Waals surface area contributed by atoms with Gasteiger partial charge >= 0.3 is 0 Å². The third-order valence-electron chi connectivity index (χ3n) is 2.89. The Labute approximate surface area is 116 Å². The lowest BCUT2D eigenvalue weighted by Crippen LogP contribution is -2.37. The first-order valence-corrected chi connectivity index (χ1v) is 6.32. The molecule has 20 heavy (non-hydrogen) atoms. The van der Waals surface area contributed by atoms with Gasteiger partial charge in [-0.3, -0.25) is 9.48 Å². The molecule has 2 aromatic rings. The summed E-state index contributed by atoms with van der Waals surface area (Å²) >= 11 is 0. The number of hydrogen-bond donors (Lipinski definition) is 2.